The monoisotopic (exact) mass is 352 g/mol. The molecule has 7 heteroatoms. The molecular formula is C17H21ClN2O4. The zero-order valence-electron chi connectivity index (χ0n) is 13.4. The van der Waals surface area contributed by atoms with Crippen LogP contribution in [0.2, 0.25) is 5.02 Å². The minimum atomic E-state index is -0.652. The van der Waals surface area contributed by atoms with Crippen LogP contribution in [0, 0.1) is 11.3 Å². The Labute approximate surface area is 145 Å². The summed E-state index contributed by atoms with van der Waals surface area (Å²) in [4.78, 5) is 26.0. The second-order valence-corrected chi connectivity index (χ2v) is 6.88. The smallest absolute Gasteiger partial charge is 0.248 e. The number of primary amides is 1. The lowest BCUT2D eigenvalue weighted by Gasteiger charge is -2.34. The summed E-state index contributed by atoms with van der Waals surface area (Å²) in [5.41, 5.74) is 5.88. The Bertz CT molecular complexity index is 639. The average molecular weight is 353 g/mol. The first-order chi connectivity index (χ1) is 11.5. The van der Waals surface area contributed by atoms with Crippen LogP contribution in [-0.2, 0) is 25.7 Å². The van der Waals surface area contributed by atoms with Crippen LogP contribution in [0.1, 0.15) is 12.0 Å². The predicted octanol–water partition coefficient (Wildman–Crippen LogP) is 1.21. The number of nitrogens with two attached hydrogens (primary N) is 1. The first-order valence-corrected chi connectivity index (χ1v) is 8.37. The van der Waals surface area contributed by atoms with Crippen molar-refractivity contribution >= 4 is 23.4 Å². The lowest BCUT2D eigenvalue weighted by Crippen LogP contribution is -2.48. The summed E-state index contributed by atoms with van der Waals surface area (Å²) in [5.74, 6) is -0.501. The van der Waals surface area contributed by atoms with Crippen molar-refractivity contribution in [2.45, 2.75) is 13.0 Å². The standard InChI is InChI=1S/C17H21ClN2O4/c18-14-3-1-2-12(6-14)8-24-10-15(21)20-7-13-9-23-5-4-17(13,11-20)16(19)22/h1-3,6,13H,4-5,7-11H2,(H2,19,22)/t13-,17+/m1/s1. The van der Waals surface area contributed by atoms with Crippen molar-refractivity contribution in [1.29, 1.82) is 0 Å². The third kappa shape index (κ3) is 3.41. The molecule has 0 aliphatic carbocycles. The molecule has 2 aliphatic rings. The van der Waals surface area contributed by atoms with Crippen molar-refractivity contribution in [3.05, 3.63) is 34.9 Å². The molecule has 130 valence electrons. The van der Waals surface area contributed by atoms with Crippen molar-refractivity contribution in [2.24, 2.45) is 17.1 Å². The molecule has 6 nitrogen and oxygen atoms in total. The third-order valence-corrected chi connectivity index (χ3v) is 5.17. The Hall–Kier alpha value is -1.63. The van der Waals surface area contributed by atoms with Gasteiger partial charge in [0.15, 0.2) is 0 Å². The number of nitrogens with zero attached hydrogens (tertiary/aromatic N) is 1. The molecule has 2 heterocycles. The Kier molecular flexibility index (Phi) is 5.08. The van der Waals surface area contributed by atoms with E-state index in [0.29, 0.717) is 44.4 Å². The van der Waals surface area contributed by atoms with Crippen LogP contribution in [0.4, 0.5) is 0 Å². The molecule has 2 atom stereocenters. The number of hydrogen-bond acceptors (Lipinski definition) is 4. The summed E-state index contributed by atoms with van der Waals surface area (Å²) in [6.07, 6.45) is 0.570. The topological polar surface area (TPSA) is 81.9 Å². The number of amides is 2. The second-order valence-electron chi connectivity index (χ2n) is 6.44. The molecule has 2 amide bonds. The van der Waals surface area contributed by atoms with E-state index in [4.69, 9.17) is 26.8 Å². The van der Waals surface area contributed by atoms with Crippen molar-refractivity contribution in [1.82, 2.24) is 4.90 Å². The van der Waals surface area contributed by atoms with Gasteiger partial charge in [0, 0.05) is 30.6 Å². The van der Waals surface area contributed by atoms with Gasteiger partial charge >= 0.3 is 0 Å². The molecule has 2 fully saturated rings. The van der Waals surface area contributed by atoms with Gasteiger partial charge in [-0.05, 0) is 24.1 Å². The maximum absolute atomic E-state index is 12.4. The number of fused-ring (bicyclic) bond motifs is 1. The van der Waals surface area contributed by atoms with E-state index in [2.05, 4.69) is 0 Å². The Morgan fingerprint density at radius 2 is 2.29 bits per heavy atom. The van der Waals surface area contributed by atoms with Crippen molar-refractivity contribution < 1.29 is 19.1 Å². The first kappa shape index (κ1) is 17.2. The largest absolute Gasteiger partial charge is 0.381 e. The summed E-state index contributed by atoms with van der Waals surface area (Å²) in [7, 11) is 0. The normalized spacial score (nSPS) is 26.2. The van der Waals surface area contributed by atoms with E-state index in [1.54, 1.807) is 17.0 Å². The van der Waals surface area contributed by atoms with Crippen LogP contribution >= 0.6 is 11.6 Å². The van der Waals surface area contributed by atoms with E-state index < -0.39 is 5.41 Å². The highest BCUT2D eigenvalue weighted by Gasteiger charge is 2.53. The van der Waals surface area contributed by atoms with Crippen LogP contribution in [0.15, 0.2) is 24.3 Å². The summed E-state index contributed by atoms with van der Waals surface area (Å²) in [5, 5.41) is 0.634. The highest BCUT2D eigenvalue weighted by Crippen LogP contribution is 2.41. The van der Waals surface area contributed by atoms with Crippen LogP contribution in [0.25, 0.3) is 0 Å². The zero-order chi connectivity index (χ0) is 17.2. The van der Waals surface area contributed by atoms with E-state index >= 15 is 0 Å². The lowest BCUT2D eigenvalue weighted by molar-refractivity contribution is -0.138. The van der Waals surface area contributed by atoms with Gasteiger partial charge in [0.05, 0.1) is 18.6 Å². The van der Waals surface area contributed by atoms with E-state index in [-0.39, 0.29) is 24.3 Å². The quantitative estimate of drug-likeness (QED) is 0.863. The molecule has 2 N–H and O–H groups in total. The number of carbonyl (C=O) groups excluding carboxylic acids is 2. The van der Waals surface area contributed by atoms with Gasteiger partial charge in [0.1, 0.15) is 6.61 Å². The molecule has 24 heavy (non-hydrogen) atoms. The van der Waals surface area contributed by atoms with Crippen LogP contribution < -0.4 is 5.73 Å². The molecule has 0 aromatic heterocycles. The number of likely N-dealkylation sites (tertiary alicyclic amines) is 1. The van der Waals surface area contributed by atoms with Crippen LogP contribution in [0.5, 0.6) is 0 Å². The number of hydrogen-bond donors (Lipinski definition) is 1. The van der Waals surface area contributed by atoms with Gasteiger partial charge in [-0.1, -0.05) is 23.7 Å². The highest BCUT2D eigenvalue weighted by atomic mass is 35.5. The SMILES string of the molecule is NC(=O)[C@]12CCOC[C@H]1CN(C(=O)COCc1cccc(Cl)c1)C2. The summed E-state index contributed by atoms with van der Waals surface area (Å²) in [6.45, 7) is 2.10. The minimum Gasteiger partial charge on any atom is -0.381 e. The molecule has 0 radical (unpaired) electrons. The zero-order valence-corrected chi connectivity index (χ0v) is 14.1. The van der Waals surface area contributed by atoms with E-state index in [1.165, 1.54) is 0 Å². The number of rotatable bonds is 5. The number of carbonyl (C=O) groups is 2. The fourth-order valence-corrected chi connectivity index (χ4v) is 3.73. The molecule has 1 aromatic carbocycles. The molecular weight excluding hydrogens is 332 g/mol. The van der Waals surface area contributed by atoms with E-state index in [0.717, 1.165) is 5.56 Å². The minimum absolute atomic E-state index is 0.0272. The second kappa shape index (κ2) is 7.09. The van der Waals surface area contributed by atoms with Crippen molar-refractivity contribution in [2.75, 3.05) is 32.9 Å². The van der Waals surface area contributed by atoms with Crippen molar-refractivity contribution in [3.8, 4) is 0 Å². The molecule has 0 spiro atoms. The number of halogens is 1. The van der Waals surface area contributed by atoms with E-state index in [9.17, 15) is 9.59 Å². The first-order valence-electron chi connectivity index (χ1n) is 7.99. The molecule has 3 rings (SSSR count). The summed E-state index contributed by atoms with van der Waals surface area (Å²) >= 11 is 5.92. The fraction of sp³-hybridized carbons (Fsp3) is 0.529. The number of benzene rings is 1. The van der Waals surface area contributed by atoms with Gasteiger partial charge in [-0.2, -0.15) is 0 Å². The number of ether oxygens (including phenoxy) is 2. The van der Waals surface area contributed by atoms with E-state index in [1.807, 2.05) is 12.1 Å². The Morgan fingerprint density at radius 3 is 3.00 bits per heavy atom. The van der Waals surface area contributed by atoms with Gasteiger partial charge in [-0.3, -0.25) is 9.59 Å². The maximum atomic E-state index is 12.4. The average Bonchev–Trinajstić information content (AvgIpc) is 2.96. The van der Waals surface area contributed by atoms with Gasteiger partial charge in [0.2, 0.25) is 11.8 Å². The van der Waals surface area contributed by atoms with Gasteiger partial charge < -0.3 is 20.1 Å². The predicted molar refractivity (Wildman–Crippen MR) is 88.2 cm³/mol. The molecule has 0 unspecified atom stereocenters. The lowest BCUT2D eigenvalue weighted by atomic mass is 9.74. The summed E-state index contributed by atoms with van der Waals surface area (Å²) < 4.78 is 10.9. The Balaban J connectivity index is 1.55. The van der Waals surface area contributed by atoms with Gasteiger partial charge in [-0.15, -0.1) is 0 Å². The molecule has 0 bridgehead atoms. The summed E-state index contributed by atoms with van der Waals surface area (Å²) in [6, 6.07) is 7.31. The maximum Gasteiger partial charge on any atom is 0.248 e. The third-order valence-electron chi connectivity index (χ3n) is 4.93. The fourth-order valence-electron chi connectivity index (χ4n) is 3.52. The van der Waals surface area contributed by atoms with Gasteiger partial charge in [-0.25, -0.2) is 0 Å². The van der Waals surface area contributed by atoms with Crippen LogP contribution in [0.3, 0.4) is 0 Å². The Morgan fingerprint density at radius 1 is 1.46 bits per heavy atom. The van der Waals surface area contributed by atoms with Gasteiger partial charge in [0.25, 0.3) is 0 Å². The molecule has 2 saturated heterocycles. The highest BCUT2D eigenvalue weighted by molar-refractivity contribution is 6.30. The molecule has 1 aromatic rings. The van der Waals surface area contributed by atoms with Crippen LogP contribution in [-0.4, -0.2) is 49.6 Å². The molecule has 2 aliphatic heterocycles. The van der Waals surface area contributed by atoms with Crippen molar-refractivity contribution in [3.63, 3.8) is 0 Å². The molecule has 0 saturated carbocycles.